The van der Waals surface area contributed by atoms with Crippen LogP contribution < -0.4 is 10.2 Å². The molecular formula is C19H22FN5O. The summed E-state index contributed by atoms with van der Waals surface area (Å²) in [5.74, 6) is 0.805. The largest absolute Gasteiger partial charge is 0.354 e. The number of aromatic nitrogens is 2. The van der Waals surface area contributed by atoms with Crippen LogP contribution in [0.2, 0.25) is 0 Å². The molecule has 0 radical (unpaired) electrons. The number of fused-ring (bicyclic) bond motifs is 3. The average molecular weight is 355 g/mol. The van der Waals surface area contributed by atoms with Gasteiger partial charge in [-0.1, -0.05) is 18.2 Å². The number of anilines is 2. The van der Waals surface area contributed by atoms with E-state index < -0.39 is 0 Å². The number of rotatable bonds is 4. The van der Waals surface area contributed by atoms with Gasteiger partial charge in [-0.3, -0.25) is 4.79 Å². The zero-order valence-corrected chi connectivity index (χ0v) is 14.8. The molecule has 7 heteroatoms. The van der Waals surface area contributed by atoms with Crippen molar-refractivity contribution in [2.75, 3.05) is 29.9 Å². The second-order valence-corrected chi connectivity index (χ2v) is 6.73. The molecule has 0 saturated carbocycles. The Morgan fingerprint density at radius 3 is 3.00 bits per heavy atom. The standard InChI is InChI=1S/C19H22FN5O/c1-2-21-19-22-10-15-17(23-19)25-9-5-7-14(25)12-24(18(15)26)11-13-6-3-4-8-16(13)20/h3-4,6,8,10,14H,2,5,7,9,11-12H2,1H3,(H,21,22,23)/t14-/m0/s1. The van der Waals surface area contributed by atoms with E-state index in [0.717, 1.165) is 25.9 Å². The van der Waals surface area contributed by atoms with Crippen molar-refractivity contribution in [3.63, 3.8) is 0 Å². The summed E-state index contributed by atoms with van der Waals surface area (Å²) in [5, 5.41) is 3.11. The van der Waals surface area contributed by atoms with Crippen LogP contribution in [0, 0.1) is 5.82 Å². The summed E-state index contributed by atoms with van der Waals surface area (Å²) < 4.78 is 14.1. The second kappa shape index (κ2) is 6.90. The van der Waals surface area contributed by atoms with Gasteiger partial charge in [0.2, 0.25) is 5.95 Å². The Labute approximate surface area is 152 Å². The number of nitrogens with one attached hydrogen (secondary N) is 1. The third kappa shape index (κ3) is 2.98. The van der Waals surface area contributed by atoms with Crippen LogP contribution in [0.4, 0.5) is 16.2 Å². The van der Waals surface area contributed by atoms with E-state index in [1.807, 2.05) is 6.92 Å². The van der Waals surface area contributed by atoms with Crippen molar-refractivity contribution >= 4 is 17.7 Å². The first kappa shape index (κ1) is 16.8. The lowest BCUT2D eigenvalue weighted by molar-refractivity contribution is 0.0740. The fraction of sp³-hybridized carbons (Fsp3) is 0.421. The number of carbonyl (C=O) groups excluding carboxylic acids is 1. The summed E-state index contributed by atoms with van der Waals surface area (Å²) in [6.07, 6.45) is 3.66. The fourth-order valence-corrected chi connectivity index (χ4v) is 3.77. The Bertz CT molecular complexity index is 827. The fourth-order valence-electron chi connectivity index (χ4n) is 3.77. The Hall–Kier alpha value is -2.70. The van der Waals surface area contributed by atoms with Gasteiger partial charge in [0.15, 0.2) is 0 Å². The Balaban J connectivity index is 1.71. The van der Waals surface area contributed by atoms with E-state index in [9.17, 15) is 9.18 Å². The van der Waals surface area contributed by atoms with E-state index in [2.05, 4.69) is 20.2 Å². The molecule has 0 bridgehead atoms. The van der Waals surface area contributed by atoms with Gasteiger partial charge in [0.05, 0.1) is 0 Å². The molecule has 1 fully saturated rings. The van der Waals surface area contributed by atoms with Gasteiger partial charge < -0.3 is 15.1 Å². The lowest BCUT2D eigenvalue weighted by Crippen LogP contribution is -2.39. The van der Waals surface area contributed by atoms with Gasteiger partial charge in [0.25, 0.3) is 5.91 Å². The minimum Gasteiger partial charge on any atom is -0.354 e. The van der Waals surface area contributed by atoms with E-state index in [0.29, 0.717) is 29.4 Å². The first-order valence-corrected chi connectivity index (χ1v) is 9.07. The van der Waals surface area contributed by atoms with Crippen LogP contribution in [-0.2, 0) is 6.54 Å². The van der Waals surface area contributed by atoms with Gasteiger partial charge in [0.1, 0.15) is 17.2 Å². The van der Waals surface area contributed by atoms with Crippen molar-refractivity contribution in [1.29, 1.82) is 0 Å². The summed E-state index contributed by atoms with van der Waals surface area (Å²) in [6.45, 7) is 4.40. The molecule has 4 rings (SSSR count). The van der Waals surface area contributed by atoms with Gasteiger partial charge in [-0.25, -0.2) is 9.37 Å². The average Bonchev–Trinajstić information content (AvgIpc) is 3.07. The molecule has 2 aliphatic heterocycles. The summed E-state index contributed by atoms with van der Waals surface area (Å²) in [4.78, 5) is 25.9. The van der Waals surface area contributed by atoms with Crippen LogP contribution in [0.5, 0.6) is 0 Å². The predicted molar refractivity (Wildman–Crippen MR) is 97.7 cm³/mol. The quantitative estimate of drug-likeness (QED) is 0.914. The third-order valence-electron chi connectivity index (χ3n) is 5.02. The lowest BCUT2D eigenvalue weighted by atomic mass is 10.1. The van der Waals surface area contributed by atoms with Crippen molar-refractivity contribution in [2.24, 2.45) is 0 Å². The highest BCUT2D eigenvalue weighted by molar-refractivity contribution is 5.99. The van der Waals surface area contributed by atoms with Gasteiger partial charge in [-0.15, -0.1) is 0 Å². The predicted octanol–water partition coefficient (Wildman–Crippen LogP) is 2.67. The van der Waals surface area contributed by atoms with Crippen LogP contribution >= 0.6 is 0 Å². The summed E-state index contributed by atoms with van der Waals surface area (Å²) in [6, 6.07) is 6.82. The smallest absolute Gasteiger partial charge is 0.259 e. The number of nitrogens with zero attached hydrogens (tertiary/aromatic N) is 4. The maximum absolute atomic E-state index is 14.1. The van der Waals surface area contributed by atoms with Crippen molar-refractivity contribution in [2.45, 2.75) is 32.4 Å². The summed E-state index contributed by atoms with van der Waals surface area (Å²) in [7, 11) is 0. The molecule has 26 heavy (non-hydrogen) atoms. The molecule has 0 aliphatic carbocycles. The van der Waals surface area contributed by atoms with Crippen LogP contribution in [0.15, 0.2) is 30.5 Å². The minimum atomic E-state index is -0.285. The Morgan fingerprint density at radius 2 is 2.19 bits per heavy atom. The highest BCUT2D eigenvalue weighted by Gasteiger charge is 2.37. The van der Waals surface area contributed by atoms with Crippen molar-refractivity contribution in [1.82, 2.24) is 14.9 Å². The van der Waals surface area contributed by atoms with Crippen molar-refractivity contribution < 1.29 is 9.18 Å². The van der Waals surface area contributed by atoms with Crippen LogP contribution in [0.3, 0.4) is 0 Å². The van der Waals surface area contributed by atoms with Gasteiger partial charge in [-0.2, -0.15) is 4.98 Å². The van der Waals surface area contributed by atoms with Gasteiger partial charge in [-0.05, 0) is 25.8 Å². The number of amides is 1. The highest BCUT2D eigenvalue weighted by atomic mass is 19.1. The zero-order valence-electron chi connectivity index (χ0n) is 14.8. The molecule has 2 aromatic rings. The van der Waals surface area contributed by atoms with E-state index in [1.165, 1.54) is 6.07 Å². The van der Waals surface area contributed by atoms with E-state index >= 15 is 0 Å². The highest BCUT2D eigenvalue weighted by Crippen LogP contribution is 2.32. The maximum atomic E-state index is 14.1. The van der Waals surface area contributed by atoms with Crippen molar-refractivity contribution in [3.8, 4) is 0 Å². The molecule has 1 aromatic heterocycles. The molecule has 3 heterocycles. The number of hydrogen-bond acceptors (Lipinski definition) is 5. The Kier molecular flexibility index (Phi) is 4.44. The SMILES string of the molecule is CCNc1ncc2c(n1)N1CCC[C@H]1CN(Cc1ccccc1F)C2=O. The molecule has 1 N–H and O–H groups in total. The van der Waals surface area contributed by atoms with Crippen LogP contribution in [0.25, 0.3) is 0 Å². The number of halogens is 1. The van der Waals surface area contributed by atoms with E-state index in [-0.39, 0.29) is 24.3 Å². The summed E-state index contributed by atoms with van der Waals surface area (Å²) in [5.41, 5.74) is 1.02. The second-order valence-electron chi connectivity index (χ2n) is 6.73. The van der Waals surface area contributed by atoms with Crippen LogP contribution in [-0.4, -0.2) is 46.5 Å². The molecule has 1 aromatic carbocycles. The van der Waals surface area contributed by atoms with Gasteiger partial charge in [0, 0.05) is 44.0 Å². The summed E-state index contributed by atoms with van der Waals surface area (Å²) >= 11 is 0. The number of carbonyl (C=O) groups is 1. The zero-order chi connectivity index (χ0) is 18.1. The minimum absolute atomic E-state index is 0.138. The lowest BCUT2D eigenvalue weighted by Gasteiger charge is -2.27. The number of hydrogen-bond donors (Lipinski definition) is 1. The van der Waals surface area contributed by atoms with Crippen molar-refractivity contribution in [3.05, 3.63) is 47.4 Å². The molecule has 2 aliphatic rings. The first-order valence-electron chi connectivity index (χ1n) is 9.07. The maximum Gasteiger partial charge on any atom is 0.259 e. The Morgan fingerprint density at radius 1 is 1.35 bits per heavy atom. The van der Waals surface area contributed by atoms with Crippen LogP contribution in [0.1, 0.15) is 35.7 Å². The molecule has 6 nitrogen and oxygen atoms in total. The molecular weight excluding hydrogens is 333 g/mol. The molecule has 1 atom stereocenters. The number of benzene rings is 1. The third-order valence-corrected chi connectivity index (χ3v) is 5.02. The molecule has 0 spiro atoms. The first-order chi connectivity index (χ1) is 12.7. The monoisotopic (exact) mass is 355 g/mol. The van der Waals surface area contributed by atoms with E-state index in [4.69, 9.17) is 0 Å². The van der Waals surface area contributed by atoms with E-state index in [1.54, 1.807) is 29.3 Å². The van der Waals surface area contributed by atoms with Gasteiger partial charge >= 0.3 is 0 Å². The molecule has 136 valence electrons. The molecule has 0 unspecified atom stereocenters. The molecule has 1 amide bonds. The topological polar surface area (TPSA) is 61.4 Å². The molecule has 1 saturated heterocycles. The normalized spacial score (nSPS) is 19.2.